The molecule has 1 atom stereocenters. The number of amides is 1. The van der Waals surface area contributed by atoms with E-state index < -0.39 is 23.4 Å². The fraction of sp³-hybridized carbons (Fsp3) is 0.333. The van der Waals surface area contributed by atoms with Crippen LogP contribution in [0.3, 0.4) is 0 Å². The van der Waals surface area contributed by atoms with E-state index in [1.807, 2.05) is 12.2 Å². The Kier molecular flexibility index (Phi) is 5.24. The predicted molar refractivity (Wildman–Crippen MR) is 79.2 cm³/mol. The van der Waals surface area contributed by atoms with Crippen molar-refractivity contribution in [3.63, 3.8) is 0 Å². The maximum Gasteiger partial charge on any atom is 0.309 e. The summed E-state index contributed by atoms with van der Waals surface area (Å²) in [7, 11) is 0. The number of hydrogen-bond acceptors (Lipinski definition) is 5. The summed E-state index contributed by atoms with van der Waals surface area (Å²) < 4.78 is 4.96. The van der Waals surface area contributed by atoms with Crippen molar-refractivity contribution in [3.8, 4) is 0 Å². The van der Waals surface area contributed by atoms with Gasteiger partial charge in [-0.15, -0.1) is 0 Å². The maximum absolute atomic E-state index is 11.8. The molecule has 0 spiro atoms. The fourth-order valence-corrected chi connectivity index (χ4v) is 2.19. The van der Waals surface area contributed by atoms with E-state index >= 15 is 0 Å². The largest absolute Gasteiger partial charge is 0.455 e. The van der Waals surface area contributed by atoms with E-state index in [1.165, 1.54) is 18.2 Å². The lowest BCUT2D eigenvalue weighted by atomic mass is 9.95. The fourth-order valence-electron chi connectivity index (χ4n) is 2.19. The Labute approximate surface area is 127 Å². The SMILES string of the molecule is O=C(COC(=O)[C@@H]1CC=CCC1)Nc1ccccc1[N+](=O)[O-]. The number of nitro groups is 1. The zero-order valence-electron chi connectivity index (χ0n) is 11.9. The third kappa shape index (κ3) is 4.15. The number of anilines is 1. The Bertz CT molecular complexity index is 612. The number of rotatable bonds is 5. The molecule has 1 aliphatic rings. The van der Waals surface area contributed by atoms with Gasteiger partial charge in [0.15, 0.2) is 6.61 Å². The molecular formula is C15H16N2O5. The molecule has 1 aromatic rings. The number of nitrogens with zero attached hydrogens (tertiary/aromatic N) is 1. The van der Waals surface area contributed by atoms with Crippen LogP contribution in [-0.4, -0.2) is 23.4 Å². The standard InChI is InChI=1S/C15H16N2O5/c18-14(10-22-15(19)11-6-2-1-3-7-11)16-12-8-4-5-9-13(12)17(20)21/h1-2,4-5,8-9,11H,3,6-7,10H2,(H,16,18)/t11-/m1/s1. The first kappa shape index (κ1) is 15.7. The molecule has 0 fully saturated rings. The minimum atomic E-state index is -0.603. The molecule has 0 bridgehead atoms. The molecule has 1 aliphatic carbocycles. The molecule has 0 radical (unpaired) electrons. The Balaban J connectivity index is 1.87. The third-order valence-corrected chi connectivity index (χ3v) is 3.32. The molecule has 0 aromatic heterocycles. The summed E-state index contributed by atoms with van der Waals surface area (Å²) in [5, 5.41) is 13.2. The number of allylic oxidation sites excluding steroid dienone is 2. The monoisotopic (exact) mass is 304 g/mol. The van der Waals surface area contributed by atoms with Gasteiger partial charge in [-0.25, -0.2) is 0 Å². The summed E-state index contributed by atoms with van der Waals surface area (Å²) in [6, 6.07) is 5.78. The van der Waals surface area contributed by atoms with Crippen LogP contribution in [0, 0.1) is 16.0 Å². The highest BCUT2D eigenvalue weighted by atomic mass is 16.6. The van der Waals surface area contributed by atoms with Gasteiger partial charge in [0.25, 0.3) is 11.6 Å². The first-order chi connectivity index (χ1) is 10.6. The second-order valence-electron chi connectivity index (χ2n) is 4.91. The highest BCUT2D eigenvalue weighted by Gasteiger charge is 2.21. The Morgan fingerprint density at radius 2 is 2.09 bits per heavy atom. The molecule has 1 amide bonds. The molecule has 0 saturated carbocycles. The molecule has 22 heavy (non-hydrogen) atoms. The summed E-state index contributed by atoms with van der Waals surface area (Å²) in [6.07, 6.45) is 6.07. The van der Waals surface area contributed by atoms with Gasteiger partial charge in [-0.2, -0.15) is 0 Å². The quantitative estimate of drug-likeness (QED) is 0.390. The lowest BCUT2D eigenvalue weighted by molar-refractivity contribution is -0.383. The Morgan fingerprint density at radius 1 is 1.32 bits per heavy atom. The minimum Gasteiger partial charge on any atom is -0.455 e. The van der Waals surface area contributed by atoms with Crippen LogP contribution in [0.5, 0.6) is 0 Å². The molecule has 1 aromatic carbocycles. The lowest BCUT2D eigenvalue weighted by Crippen LogP contribution is -2.25. The number of hydrogen-bond donors (Lipinski definition) is 1. The average Bonchev–Trinajstić information content (AvgIpc) is 2.53. The van der Waals surface area contributed by atoms with E-state index in [2.05, 4.69) is 5.32 Å². The van der Waals surface area contributed by atoms with Gasteiger partial charge >= 0.3 is 5.97 Å². The molecule has 0 unspecified atom stereocenters. The second-order valence-corrected chi connectivity index (χ2v) is 4.91. The molecule has 7 heteroatoms. The summed E-state index contributed by atoms with van der Waals surface area (Å²) in [5.74, 6) is -1.24. The van der Waals surface area contributed by atoms with Crippen molar-refractivity contribution in [2.75, 3.05) is 11.9 Å². The molecule has 116 valence electrons. The normalized spacial score (nSPS) is 16.8. The lowest BCUT2D eigenvalue weighted by Gasteiger charge is -2.16. The average molecular weight is 304 g/mol. The smallest absolute Gasteiger partial charge is 0.309 e. The van der Waals surface area contributed by atoms with Crippen molar-refractivity contribution in [1.82, 2.24) is 0 Å². The van der Waals surface area contributed by atoms with Crippen LogP contribution >= 0.6 is 0 Å². The number of nitro benzene ring substituents is 1. The number of benzene rings is 1. The summed E-state index contributed by atoms with van der Waals surface area (Å²) in [6.45, 7) is -0.453. The van der Waals surface area contributed by atoms with Gasteiger partial charge in [0.2, 0.25) is 0 Å². The molecule has 2 rings (SSSR count). The minimum absolute atomic E-state index is 0.0779. The van der Waals surface area contributed by atoms with E-state index in [1.54, 1.807) is 6.07 Å². The third-order valence-electron chi connectivity index (χ3n) is 3.32. The van der Waals surface area contributed by atoms with Crippen LogP contribution in [0.1, 0.15) is 19.3 Å². The van der Waals surface area contributed by atoms with Gasteiger partial charge in [-0.3, -0.25) is 19.7 Å². The van der Waals surface area contributed by atoms with Crippen molar-refractivity contribution >= 4 is 23.3 Å². The summed E-state index contributed by atoms with van der Waals surface area (Å²) in [5.41, 5.74) is -0.131. The molecule has 7 nitrogen and oxygen atoms in total. The van der Waals surface area contributed by atoms with Gasteiger partial charge in [-0.05, 0) is 25.3 Å². The van der Waals surface area contributed by atoms with Crippen molar-refractivity contribution in [2.24, 2.45) is 5.92 Å². The van der Waals surface area contributed by atoms with E-state index in [0.717, 1.165) is 6.42 Å². The molecule has 0 aliphatic heterocycles. The van der Waals surface area contributed by atoms with Gasteiger partial charge in [-0.1, -0.05) is 24.3 Å². The predicted octanol–water partition coefficient (Wildman–Crippen LogP) is 2.43. The molecular weight excluding hydrogens is 288 g/mol. The summed E-state index contributed by atoms with van der Waals surface area (Å²) in [4.78, 5) is 33.8. The Hall–Kier alpha value is -2.70. The molecule has 1 N–H and O–H groups in total. The first-order valence-electron chi connectivity index (χ1n) is 6.93. The van der Waals surface area contributed by atoms with Crippen molar-refractivity contribution in [1.29, 1.82) is 0 Å². The van der Waals surface area contributed by atoms with Crippen LogP contribution < -0.4 is 5.32 Å². The maximum atomic E-state index is 11.8. The Morgan fingerprint density at radius 3 is 2.77 bits per heavy atom. The van der Waals surface area contributed by atoms with Crippen LogP contribution in [0.25, 0.3) is 0 Å². The van der Waals surface area contributed by atoms with Crippen molar-refractivity contribution < 1.29 is 19.2 Å². The molecule has 0 heterocycles. The first-order valence-corrected chi connectivity index (χ1v) is 6.93. The van der Waals surface area contributed by atoms with Crippen molar-refractivity contribution in [3.05, 3.63) is 46.5 Å². The summed E-state index contributed by atoms with van der Waals surface area (Å²) >= 11 is 0. The number of ether oxygens (including phenoxy) is 1. The zero-order chi connectivity index (χ0) is 15.9. The number of carbonyl (C=O) groups is 2. The van der Waals surface area contributed by atoms with Crippen LogP contribution in [0.4, 0.5) is 11.4 Å². The number of para-hydroxylation sites is 2. The second kappa shape index (κ2) is 7.35. The number of nitrogens with one attached hydrogen (secondary N) is 1. The van der Waals surface area contributed by atoms with Gasteiger partial charge in [0.05, 0.1) is 10.8 Å². The van der Waals surface area contributed by atoms with Gasteiger partial charge in [0, 0.05) is 6.07 Å². The van der Waals surface area contributed by atoms with Crippen LogP contribution in [-0.2, 0) is 14.3 Å². The van der Waals surface area contributed by atoms with E-state index in [0.29, 0.717) is 12.8 Å². The van der Waals surface area contributed by atoms with E-state index in [-0.39, 0.29) is 17.3 Å². The topological polar surface area (TPSA) is 98.5 Å². The highest BCUT2D eigenvalue weighted by molar-refractivity contribution is 5.94. The van der Waals surface area contributed by atoms with Crippen molar-refractivity contribution in [2.45, 2.75) is 19.3 Å². The number of esters is 1. The highest BCUT2D eigenvalue weighted by Crippen LogP contribution is 2.23. The van der Waals surface area contributed by atoms with E-state index in [4.69, 9.17) is 4.74 Å². The van der Waals surface area contributed by atoms with Crippen LogP contribution in [0.15, 0.2) is 36.4 Å². The van der Waals surface area contributed by atoms with E-state index in [9.17, 15) is 19.7 Å². The zero-order valence-corrected chi connectivity index (χ0v) is 11.9. The van der Waals surface area contributed by atoms with Crippen LogP contribution in [0.2, 0.25) is 0 Å². The van der Waals surface area contributed by atoms with Gasteiger partial charge < -0.3 is 10.1 Å². The number of carbonyl (C=O) groups excluding carboxylic acids is 2. The van der Waals surface area contributed by atoms with Gasteiger partial charge in [0.1, 0.15) is 5.69 Å². The molecule has 0 saturated heterocycles.